The summed E-state index contributed by atoms with van der Waals surface area (Å²) >= 11 is 0. The predicted octanol–water partition coefficient (Wildman–Crippen LogP) is 4.83. The molecule has 0 spiro atoms. The van der Waals surface area contributed by atoms with Crippen LogP contribution in [0.15, 0.2) is 65.3 Å². The topological polar surface area (TPSA) is 57.1 Å². The second-order valence-corrected chi connectivity index (χ2v) is 8.49. The molecule has 0 amide bonds. The number of aliphatic hydroxyl groups excluding tert-OH is 1. The lowest BCUT2D eigenvalue weighted by Crippen LogP contribution is -2.40. The van der Waals surface area contributed by atoms with E-state index >= 15 is 0 Å². The third-order valence-electron chi connectivity index (χ3n) is 6.49. The van der Waals surface area contributed by atoms with Crippen LogP contribution in [0.5, 0.6) is 5.75 Å². The Hall–Kier alpha value is -2.79. The van der Waals surface area contributed by atoms with Gasteiger partial charge in [-0.25, -0.2) is 0 Å². The van der Waals surface area contributed by atoms with Crippen molar-refractivity contribution in [3.8, 4) is 5.75 Å². The van der Waals surface area contributed by atoms with Crippen molar-refractivity contribution >= 4 is 11.5 Å². The molecule has 1 saturated heterocycles. The summed E-state index contributed by atoms with van der Waals surface area (Å²) in [5.74, 6) is 1.19. The zero-order valence-corrected chi connectivity index (χ0v) is 18.6. The highest BCUT2D eigenvalue weighted by Crippen LogP contribution is 2.41. The van der Waals surface area contributed by atoms with Crippen LogP contribution in [0.4, 0.5) is 0 Å². The number of para-hydroxylation sites is 1. The summed E-state index contributed by atoms with van der Waals surface area (Å²) in [5.41, 5.74) is 6.90. The summed E-state index contributed by atoms with van der Waals surface area (Å²) in [4.78, 5) is 2.55. The number of piperidine rings is 1. The van der Waals surface area contributed by atoms with Gasteiger partial charge in [-0.15, -0.1) is 0 Å². The van der Waals surface area contributed by atoms with Gasteiger partial charge >= 0.3 is 0 Å². The number of hydrogen-bond acceptors (Lipinski definition) is 5. The van der Waals surface area contributed by atoms with Crippen LogP contribution in [-0.2, 0) is 0 Å². The van der Waals surface area contributed by atoms with E-state index in [9.17, 15) is 5.11 Å². The molecule has 31 heavy (non-hydrogen) atoms. The average Bonchev–Trinajstić information content (AvgIpc) is 2.82. The minimum atomic E-state index is -0.0198. The normalized spacial score (nSPS) is 19.4. The second kappa shape index (κ2) is 10.0. The van der Waals surface area contributed by atoms with E-state index in [0.29, 0.717) is 12.4 Å². The molecule has 2 aromatic carbocycles. The van der Waals surface area contributed by atoms with E-state index in [0.717, 1.165) is 42.2 Å². The molecular formula is C26H33N3O2. The maximum absolute atomic E-state index is 11.3. The number of hydrogen-bond donors (Lipinski definition) is 2. The number of ether oxygens (including phenoxy) is 1. The van der Waals surface area contributed by atoms with Crippen molar-refractivity contribution in [2.45, 2.75) is 32.1 Å². The summed E-state index contributed by atoms with van der Waals surface area (Å²) in [7, 11) is 1.84. The molecule has 4 rings (SSSR count). The minimum Gasteiger partial charge on any atom is -0.507 e. The van der Waals surface area contributed by atoms with Gasteiger partial charge in [-0.1, -0.05) is 48.9 Å². The van der Waals surface area contributed by atoms with Crippen molar-refractivity contribution in [2.75, 3.05) is 33.3 Å². The molecule has 164 valence electrons. The first kappa shape index (κ1) is 21.4. The van der Waals surface area contributed by atoms with Gasteiger partial charge in [-0.05, 0) is 50.6 Å². The summed E-state index contributed by atoms with van der Waals surface area (Å²) in [5, 5.41) is 15.9. The molecule has 2 N–H and O–H groups in total. The van der Waals surface area contributed by atoms with Crippen LogP contribution in [0.1, 0.15) is 43.2 Å². The minimum absolute atomic E-state index is 0.0198. The first-order chi connectivity index (χ1) is 15.2. The van der Waals surface area contributed by atoms with Gasteiger partial charge in [0, 0.05) is 36.7 Å². The Morgan fingerprint density at radius 2 is 1.77 bits per heavy atom. The number of aliphatic hydroxyl groups is 1. The van der Waals surface area contributed by atoms with E-state index in [1.165, 1.54) is 24.8 Å². The third kappa shape index (κ3) is 4.77. The lowest BCUT2D eigenvalue weighted by Gasteiger charge is -2.37. The fourth-order valence-electron chi connectivity index (χ4n) is 4.92. The Kier molecular flexibility index (Phi) is 6.92. The monoisotopic (exact) mass is 419 g/mol. The summed E-state index contributed by atoms with van der Waals surface area (Å²) in [6, 6.07) is 18.2. The molecule has 0 aliphatic carbocycles. The molecule has 0 radical (unpaired) electrons. The summed E-state index contributed by atoms with van der Waals surface area (Å²) in [6.45, 7) is 5.63. The van der Waals surface area contributed by atoms with Crippen molar-refractivity contribution in [2.24, 2.45) is 11.0 Å². The number of hydrazone groups is 1. The van der Waals surface area contributed by atoms with Crippen LogP contribution in [0.3, 0.4) is 0 Å². The van der Waals surface area contributed by atoms with E-state index in [1.54, 1.807) is 0 Å². The smallest absolute Gasteiger partial charge is 0.130 e. The maximum atomic E-state index is 11.3. The highest BCUT2D eigenvalue weighted by molar-refractivity contribution is 5.86. The van der Waals surface area contributed by atoms with Gasteiger partial charge in [0.05, 0.1) is 5.56 Å². The van der Waals surface area contributed by atoms with E-state index in [1.807, 2.05) is 37.4 Å². The molecule has 5 heteroatoms. The molecule has 2 aliphatic heterocycles. The zero-order chi connectivity index (χ0) is 21.6. The highest BCUT2D eigenvalue weighted by Gasteiger charge is 2.35. The predicted molar refractivity (Wildman–Crippen MR) is 127 cm³/mol. The van der Waals surface area contributed by atoms with E-state index in [2.05, 4.69) is 46.6 Å². The zero-order valence-electron chi connectivity index (χ0n) is 18.6. The number of nitrogens with one attached hydrogen (secondary N) is 1. The van der Waals surface area contributed by atoms with Crippen molar-refractivity contribution in [1.82, 2.24) is 10.3 Å². The molecule has 0 aromatic heterocycles. The summed E-state index contributed by atoms with van der Waals surface area (Å²) < 4.78 is 6.10. The molecule has 0 bridgehead atoms. The molecule has 1 fully saturated rings. The fourth-order valence-corrected chi connectivity index (χ4v) is 4.92. The number of benzene rings is 2. The average molecular weight is 420 g/mol. The first-order valence-corrected chi connectivity index (χ1v) is 11.3. The van der Waals surface area contributed by atoms with Gasteiger partial charge < -0.3 is 20.2 Å². The third-order valence-corrected chi connectivity index (χ3v) is 6.49. The molecule has 0 saturated carbocycles. The van der Waals surface area contributed by atoms with Gasteiger partial charge in [-0.3, -0.25) is 0 Å². The van der Waals surface area contributed by atoms with E-state index < -0.39 is 0 Å². The van der Waals surface area contributed by atoms with Crippen LogP contribution in [0.25, 0.3) is 5.76 Å². The highest BCUT2D eigenvalue weighted by atomic mass is 16.5. The van der Waals surface area contributed by atoms with Gasteiger partial charge in [-0.2, -0.15) is 5.10 Å². The molecule has 2 aliphatic rings. The van der Waals surface area contributed by atoms with Crippen LogP contribution in [-0.4, -0.2) is 49.0 Å². The van der Waals surface area contributed by atoms with Crippen molar-refractivity contribution in [3.05, 3.63) is 71.3 Å². The SMILES string of the molecule is CN/N=C(/C)[C@H](CN1CCCCC1)[C@H](C1=C(O)c2ccccc2OC1)c1ccccc1. The van der Waals surface area contributed by atoms with Gasteiger partial charge in [0.15, 0.2) is 0 Å². The molecule has 5 nitrogen and oxygen atoms in total. The van der Waals surface area contributed by atoms with Gasteiger partial charge in [0.2, 0.25) is 0 Å². The van der Waals surface area contributed by atoms with E-state index in [4.69, 9.17) is 4.74 Å². The molecule has 2 heterocycles. The Bertz CT molecular complexity index is 933. The number of fused-ring (bicyclic) bond motifs is 1. The van der Waals surface area contributed by atoms with Crippen LogP contribution >= 0.6 is 0 Å². The van der Waals surface area contributed by atoms with Crippen LogP contribution in [0.2, 0.25) is 0 Å². The summed E-state index contributed by atoms with van der Waals surface area (Å²) in [6.07, 6.45) is 3.80. The number of likely N-dealkylation sites (tertiary alicyclic amines) is 1. The van der Waals surface area contributed by atoms with Crippen molar-refractivity contribution < 1.29 is 9.84 Å². The Morgan fingerprint density at radius 3 is 2.52 bits per heavy atom. The number of rotatable bonds is 7. The quantitative estimate of drug-likeness (QED) is 0.499. The maximum Gasteiger partial charge on any atom is 0.130 e. The van der Waals surface area contributed by atoms with Crippen molar-refractivity contribution in [3.63, 3.8) is 0 Å². The second-order valence-electron chi connectivity index (χ2n) is 8.49. The Labute approximate surface area is 185 Å². The van der Waals surface area contributed by atoms with Crippen LogP contribution < -0.4 is 10.2 Å². The molecule has 0 unspecified atom stereocenters. The lowest BCUT2D eigenvalue weighted by molar-refractivity contribution is 0.204. The molecule has 2 atom stereocenters. The largest absolute Gasteiger partial charge is 0.507 e. The van der Waals surface area contributed by atoms with Crippen molar-refractivity contribution in [1.29, 1.82) is 0 Å². The lowest BCUT2D eigenvalue weighted by atomic mass is 9.76. The number of nitrogens with zero attached hydrogens (tertiary/aromatic N) is 2. The Morgan fingerprint density at radius 1 is 1.06 bits per heavy atom. The van der Waals surface area contributed by atoms with E-state index in [-0.39, 0.29) is 11.8 Å². The van der Waals surface area contributed by atoms with Gasteiger partial charge in [0.25, 0.3) is 0 Å². The first-order valence-electron chi connectivity index (χ1n) is 11.3. The van der Waals surface area contributed by atoms with Gasteiger partial charge in [0.1, 0.15) is 18.1 Å². The van der Waals surface area contributed by atoms with Crippen LogP contribution in [0, 0.1) is 5.92 Å². The molecule has 2 aromatic rings. The fraction of sp³-hybridized carbons (Fsp3) is 0.423. The standard InChI is InChI=1S/C26H33N3O2/c1-19(28-27-2)22(17-29-15-9-4-10-16-29)25(20-11-5-3-6-12-20)23-18-31-24-14-8-7-13-21(24)26(23)30/h3,5-8,11-14,22,25,27,30H,4,9-10,15-18H2,1-2H3/b28-19-/t22-,25+/m0/s1. The molecular weight excluding hydrogens is 386 g/mol. The Balaban J connectivity index is 1.80.